The Morgan fingerprint density at radius 2 is 2.09 bits per heavy atom. The maximum Gasteiger partial charge on any atom is 0.141 e. The predicted molar refractivity (Wildman–Crippen MR) is 42.0 cm³/mol. The fourth-order valence-corrected chi connectivity index (χ4v) is 1.58. The molecule has 0 amide bonds. The van der Waals surface area contributed by atoms with E-state index < -0.39 is 6.17 Å². The highest BCUT2D eigenvalue weighted by Crippen LogP contribution is 2.32. The Bertz CT molecular complexity index is 272. The van der Waals surface area contributed by atoms with E-state index in [0.717, 1.165) is 11.1 Å². The molecule has 0 aliphatic heterocycles. The molecule has 0 unspecified atom stereocenters. The molecule has 2 heteroatoms. The summed E-state index contributed by atoms with van der Waals surface area (Å²) in [6.45, 7) is 0. The van der Waals surface area contributed by atoms with Crippen LogP contribution < -0.4 is 5.73 Å². The van der Waals surface area contributed by atoms with E-state index in [-0.39, 0.29) is 6.04 Å². The van der Waals surface area contributed by atoms with Crippen LogP contribution >= 0.6 is 0 Å². The summed E-state index contributed by atoms with van der Waals surface area (Å²) in [6, 6.07) is 7.20. The molecule has 0 spiro atoms. The quantitative estimate of drug-likeness (QED) is 0.598. The smallest absolute Gasteiger partial charge is 0.141 e. The normalized spacial score (nSPS) is 28.5. The van der Waals surface area contributed by atoms with Gasteiger partial charge in [-0.25, -0.2) is 4.39 Å². The zero-order valence-electron chi connectivity index (χ0n) is 6.13. The molecule has 0 aromatic heterocycles. The summed E-state index contributed by atoms with van der Waals surface area (Å²) < 4.78 is 13.2. The average molecular weight is 151 g/mol. The van der Waals surface area contributed by atoms with Crippen molar-refractivity contribution in [3.05, 3.63) is 35.4 Å². The summed E-state index contributed by atoms with van der Waals surface area (Å²) in [4.78, 5) is 0. The Morgan fingerprint density at radius 1 is 1.36 bits per heavy atom. The molecule has 1 aliphatic rings. The van der Waals surface area contributed by atoms with Crippen molar-refractivity contribution in [2.24, 2.45) is 5.73 Å². The van der Waals surface area contributed by atoms with Crippen LogP contribution in [-0.4, -0.2) is 6.04 Å². The lowest BCUT2D eigenvalue weighted by atomic mass is 10.1. The van der Waals surface area contributed by atoms with Gasteiger partial charge in [-0.05, 0) is 17.5 Å². The van der Waals surface area contributed by atoms with Crippen LogP contribution in [0.25, 0.3) is 0 Å². The van der Waals surface area contributed by atoms with E-state index in [4.69, 9.17) is 5.73 Å². The van der Waals surface area contributed by atoms with Gasteiger partial charge in [0.15, 0.2) is 0 Å². The second kappa shape index (κ2) is 2.31. The molecule has 2 atom stereocenters. The Labute approximate surface area is 65.0 Å². The second-order valence-electron chi connectivity index (χ2n) is 2.97. The number of nitrogens with two attached hydrogens (primary N) is 1. The molecule has 0 saturated carbocycles. The van der Waals surface area contributed by atoms with Crippen molar-refractivity contribution in [2.75, 3.05) is 0 Å². The van der Waals surface area contributed by atoms with Gasteiger partial charge in [-0.15, -0.1) is 0 Å². The molecular formula is C9H10FN. The summed E-state index contributed by atoms with van der Waals surface area (Å²) in [7, 11) is 0. The first-order chi connectivity index (χ1) is 5.29. The van der Waals surface area contributed by atoms with E-state index in [1.165, 1.54) is 0 Å². The Kier molecular flexibility index (Phi) is 1.43. The third kappa shape index (κ3) is 0.942. The fraction of sp³-hybridized carbons (Fsp3) is 0.333. The Morgan fingerprint density at radius 3 is 2.82 bits per heavy atom. The molecule has 0 fully saturated rings. The largest absolute Gasteiger partial charge is 0.325 e. The van der Waals surface area contributed by atoms with Gasteiger partial charge in [-0.3, -0.25) is 0 Å². The maximum atomic E-state index is 13.2. The number of hydrogen-bond donors (Lipinski definition) is 1. The van der Waals surface area contributed by atoms with Gasteiger partial charge in [-0.1, -0.05) is 24.3 Å². The van der Waals surface area contributed by atoms with Gasteiger partial charge < -0.3 is 5.73 Å². The molecule has 1 nitrogen and oxygen atoms in total. The number of fused-ring (bicyclic) bond motifs is 1. The van der Waals surface area contributed by atoms with Crippen LogP contribution in [0.3, 0.4) is 0 Å². The first-order valence-corrected chi connectivity index (χ1v) is 3.76. The van der Waals surface area contributed by atoms with Crippen LogP contribution in [0.15, 0.2) is 24.3 Å². The van der Waals surface area contributed by atoms with Crippen molar-refractivity contribution in [3.8, 4) is 0 Å². The zero-order chi connectivity index (χ0) is 7.84. The third-order valence-corrected chi connectivity index (χ3v) is 2.18. The highest BCUT2D eigenvalue weighted by atomic mass is 19.1. The van der Waals surface area contributed by atoms with Crippen LogP contribution in [0.5, 0.6) is 0 Å². The highest BCUT2D eigenvalue weighted by molar-refractivity contribution is 5.35. The summed E-state index contributed by atoms with van der Waals surface area (Å²) in [6.07, 6.45) is -0.275. The fourth-order valence-electron chi connectivity index (χ4n) is 1.58. The number of benzene rings is 1. The molecule has 1 aromatic carbocycles. The Balaban J connectivity index is 2.47. The minimum Gasteiger partial charge on any atom is -0.325 e. The third-order valence-electron chi connectivity index (χ3n) is 2.18. The SMILES string of the molecule is N[C@@H]1Cc2ccccc2[C@@H]1F. The first-order valence-electron chi connectivity index (χ1n) is 3.76. The van der Waals surface area contributed by atoms with Gasteiger partial charge in [0, 0.05) is 6.04 Å². The molecule has 0 heterocycles. The van der Waals surface area contributed by atoms with E-state index in [0.29, 0.717) is 6.42 Å². The lowest BCUT2D eigenvalue weighted by Crippen LogP contribution is -2.21. The van der Waals surface area contributed by atoms with Gasteiger partial charge in [0.05, 0.1) is 0 Å². The van der Waals surface area contributed by atoms with E-state index in [2.05, 4.69) is 0 Å². The summed E-state index contributed by atoms with van der Waals surface area (Å²) in [5.41, 5.74) is 7.39. The number of alkyl halides is 1. The summed E-state index contributed by atoms with van der Waals surface area (Å²) in [5, 5.41) is 0. The standard InChI is InChI=1S/C9H10FN/c10-9-7-4-2-1-3-6(7)5-8(9)11/h1-4,8-9H,5,11H2/t8-,9+/m1/s1. The van der Waals surface area contributed by atoms with Crippen molar-refractivity contribution in [1.29, 1.82) is 0 Å². The van der Waals surface area contributed by atoms with Gasteiger partial charge in [0.25, 0.3) is 0 Å². The zero-order valence-corrected chi connectivity index (χ0v) is 6.13. The van der Waals surface area contributed by atoms with E-state index >= 15 is 0 Å². The van der Waals surface area contributed by atoms with Crippen molar-refractivity contribution in [3.63, 3.8) is 0 Å². The average Bonchev–Trinajstić information content (AvgIpc) is 2.30. The topological polar surface area (TPSA) is 26.0 Å². The van der Waals surface area contributed by atoms with Crippen molar-refractivity contribution in [1.82, 2.24) is 0 Å². The molecule has 0 radical (unpaired) electrons. The van der Waals surface area contributed by atoms with Crippen LogP contribution in [0.1, 0.15) is 17.3 Å². The highest BCUT2D eigenvalue weighted by Gasteiger charge is 2.28. The lowest BCUT2D eigenvalue weighted by Gasteiger charge is -2.04. The molecule has 58 valence electrons. The van der Waals surface area contributed by atoms with Crippen LogP contribution in [-0.2, 0) is 6.42 Å². The molecule has 0 saturated heterocycles. The second-order valence-corrected chi connectivity index (χ2v) is 2.97. The molecule has 11 heavy (non-hydrogen) atoms. The van der Waals surface area contributed by atoms with E-state index in [1.54, 1.807) is 0 Å². The molecule has 0 bridgehead atoms. The van der Waals surface area contributed by atoms with E-state index in [1.807, 2.05) is 24.3 Å². The molecule has 2 rings (SSSR count). The van der Waals surface area contributed by atoms with Gasteiger partial charge in [0.1, 0.15) is 6.17 Å². The molecular weight excluding hydrogens is 141 g/mol. The van der Waals surface area contributed by atoms with Crippen molar-refractivity contribution in [2.45, 2.75) is 18.6 Å². The van der Waals surface area contributed by atoms with Crippen LogP contribution in [0.2, 0.25) is 0 Å². The van der Waals surface area contributed by atoms with Crippen LogP contribution in [0.4, 0.5) is 4.39 Å². The predicted octanol–water partition coefficient (Wildman–Crippen LogP) is 1.58. The van der Waals surface area contributed by atoms with E-state index in [9.17, 15) is 4.39 Å². The minimum absolute atomic E-state index is 0.326. The van der Waals surface area contributed by atoms with Crippen molar-refractivity contribution < 1.29 is 4.39 Å². The Hall–Kier alpha value is -0.890. The van der Waals surface area contributed by atoms with Gasteiger partial charge in [-0.2, -0.15) is 0 Å². The molecule has 2 N–H and O–H groups in total. The maximum absolute atomic E-state index is 13.2. The lowest BCUT2D eigenvalue weighted by molar-refractivity contribution is 0.308. The molecule has 1 aromatic rings. The van der Waals surface area contributed by atoms with Crippen LogP contribution in [0, 0.1) is 0 Å². The monoisotopic (exact) mass is 151 g/mol. The number of rotatable bonds is 0. The number of halogens is 1. The molecule has 1 aliphatic carbocycles. The summed E-state index contributed by atoms with van der Waals surface area (Å²) >= 11 is 0. The first kappa shape index (κ1) is 6.80. The minimum atomic E-state index is -0.953. The van der Waals surface area contributed by atoms with Gasteiger partial charge >= 0.3 is 0 Å². The van der Waals surface area contributed by atoms with Crippen molar-refractivity contribution >= 4 is 0 Å². The number of hydrogen-bond acceptors (Lipinski definition) is 1. The van der Waals surface area contributed by atoms with Gasteiger partial charge in [0.2, 0.25) is 0 Å². The summed E-state index contributed by atoms with van der Waals surface area (Å²) in [5.74, 6) is 0.